The molecule has 0 spiro atoms. The molecule has 0 aromatic heterocycles. The van der Waals surface area contributed by atoms with Crippen molar-refractivity contribution in [1.29, 1.82) is 0 Å². The average Bonchev–Trinajstić information content (AvgIpc) is 2.69. The third-order valence-electron chi connectivity index (χ3n) is 5.38. The number of ether oxygens (including phenoxy) is 1. The number of ketones is 1. The Labute approximate surface area is 165 Å². The molecule has 2 aliphatic rings. The van der Waals surface area contributed by atoms with Crippen LogP contribution >= 0.6 is 15.9 Å². The molecular formula is C21H29BrN2O2. The van der Waals surface area contributed by atoms with Gasteiger partial charge in [0.15, 0.2) is 5.78 Å². The minimum Gasteiger partial charge on any atom is -0.493 e. The predicted octanol–water partition coefficient (Wildman–Crippen LogP) is 4.49. The van der Waals surface area contributed by atoms with Crippen molar-refractivity contribution in [3.8, 4) is 5.75 Å². The lowest BCUT2D eigenvalue weighted by atomic mass is 9.94. The van der Waals surface area contributed by atoms with Crippen molar-refractivity contribution < 1.29 is 9.53 Å². The monoisotopic (exact) mass is 420 g/mol. The van der Waals surface area contributed by atoms with Gasteiger partial charge in [-0.05, 0) is 38.0 Å². The summed E-state index contributed by atoms with van der Waals surface area (Å²) in [6, 6.07) is 6.36. The third kappa shape index (κ3) is 5.10. The maximum atomic E-state index is 12.6. The molecular weight excluding hydrogens is 392 g/mol. The molecule has 1 aliphatic carbocycles. The lowest BCUT2D eigenvalue weighted by Gasteiger charge is -2.40. The average molecular weight is 421 g/mol. The van der Waals surface area contributed by atoms with E-state index in [1.165, 1.54) is 32.1 Å². The standard InChI is InChI=1S/C21H29BrN2O2/c1-2-26-21-9-8-17(22)16-19(21)20(25)10-11-23-12-14-24(15-13-23)18-6-4-3-5-7-18/h8-11,16,18H,2-7,12-15H2,1H3. The molecule has 0 radical (unpaired) electrons. The number of nitrogens with zero attached hydrogens (tertiary/aromatic N) is 2. The van der Waals surface area contributed by atoms with E-state index in [0.29, 0.717) is 17.9 Å². The zero-order chi connectivity index (χ0) is 18.4. The summed E-state index contributed by atoms with van der Waals surface area (Å²) in [5.74, 6) is 0.636. The van der Waals surface area contributed by atoms with Gasteiger partial charge in [-0.3, -0.25) is 9.69 Å². The first-order valence-corrected chi connectivity index (χ1v) is 10.6. The van der Waals surface area contributed by atoms with Crippen LogP contribution < -0.4 is 4.74 Å². The number of carbonyl (C=O) groups is 1. The Balaban J connectivity index is 1.55. The zero-order valence-corrected chi connectivity index (χ0v) is 17.2. The van der Waals surface area contributed by atoms with Gasteiger partial charge >= 0.3 is 0 Å². The van der Waals surface area contributed by atoms with Crippen molar-refractivity contribution in [3.05, 3.63) is 40.5 Å². The highest BCUT2D eigenvalue weighted by molar-refractivity contribution is 9.10. The van der Waals surface area contributed by atoms with Gasteiger partial charge in [-0.1, -0.05) is 35.2 Å². The van der Waals surface area contributed by atoms with Gasteiger partial charge in [-0.15, -0.1) is 0 Å². The summed E-state index contributed by atoms with van der Waals surface area (Å²) < 4.78 is 6.48. The highest BCUT2D eigenvalue weighted by Crippen LogP contribution is 2.25. The van der Waals surface area contributed by atoms with E-state index in [-0.39, 0.29) is 5.78 Å². The van der Waals surface area contributed by atoms with Gasteiger partial charge in [0.25, 0.3) is 0 Å². The van der Waals surface area contributed by atoms with E-state index in [1.54, 1.807) is 6.08 Å². The fraction of sp³-hybridized carbons (Fsp3) is 0.571. The molecule has 2 fully saturated rings. The normalized spacial score (nSPS) is 19.8. The Kier molecular flexibility index (Phi) is 7.15. The smallest absolute Gasteiger partial charge is 0.191 e. The minimum atomic E-state index is -0.00976. The number of rotatable bonds is 6. The first kappa shape index (κ1) is 19.4. The van der Waals surface area contributed by atoms with Gasteiger partial charge in [-0.2, -0.15) is 0 Å². The van der Waals surface area contributed by atoms with Crippen molar-refractivity contribution in [2.24, 2.45) is 0 Å². The van der Waals surface area contributed by atoms with Crippen LogP contribution in [0.5, 0.6) is 5.75 Å². The Morgan fingerprint density at radius 3 is 2.62 bits per heavy atom. The summed E-state index contributed by atoms with van der Waals surface area (Å²) in [6.45, 7) is 6.68. The van der Waals surface area contributed by atoms with E-state index in [0.717, 1.165) is 36.7 Å². The lowest BCUT2D eigenvalue weighted by Crippen LogP contribution is -2.49. The molecule has 0 amide bonds. The van der Waals surface area contributed by atoms with Crippen LogP contribution in [0.4, 0.5) is 0 Å². The van der Waals surface area contributed by atoms with Crippen LogP contribution in [0.25, 0.3) is 0 Å². The third-order valence-corrected chi connectivity index (χ3v) is 5.88. The van der Waals surface area contributed by atoms with Gasteiger partial charge in [0.2, 0.25) is 0 Å². The second kappa shape index (κ2) is 9.56. The maximum absolute atomic E-state index is 12.6. The van der Waals surface area contributed by atoms with E-state index in [2.05, 4.69) is 25.7 Å². The Morgan fingerprint density at radius 1 is 1.19 bits per heavy atom. The van der Waals surface area contributed by atoms with Crippen LogP contribution in [0.2, 0.25) is 0 Å². The van der Waals surface area contributed by atoms with Crippen molar-refractivity contribution in [3.63, 3.8) is 0 Å². The molecule has 1 saturated carbocycles. The summed E-state index contributed by atoms with van der Waals surface area (Å²) in [5, 5.41) is 0. The molecule has 0 N–H and O–H groups in total. The van der Waals surface area contributed by atoms with Crippen LogP contribution in [0.15, 0.2) is 34.9 Å². The number of carbonyl (C=O) groups excluding carboxylic acids is 1. The highest BCUT2D eigenvalue weighted by atomic mass is 79.9. The van der Waals surface area contributed by atoms with Gasteiger partial charge in [0.05, 0.1) is 12.2 Å². The highest BCUT2D eigenvalue weighted by Gasteiger charge is 2.24. The lowest BCUT2D eigenvalue weighted by molar-refractivity contribution is 0.0976. The topological polar surface area (TPSA) is 32.8 Å². The Bertz CT molecular complexity index is 633. The van der Waals surface area contributed by atoms with Crippen molar-refractivity contribution in [1.82, 2.24) is 9.80 Å². The summed E-state index contributed by atoms with van der Waals surface area (Å²) in [7, 11) is 0. The van der Waals surface area contributed by atoms with Gasteiger partial charge in [0, 0.05) is 49.0 Å². The van der Waals surface area contributed by atoms with Crippen LogP contribution in [0.3, 0.4) is 0 Å². The van der Waals surface area contributed by atoms with E-state index in [9.17, 15) is 4.79 Å². The number of allylic oxidation sites excluding steroid dienone is 1. The largest absolute Gasteiger partial charge is 0.493 e. The number of piperazine rings is 1. The van der Waals surface area contributed by atoms with Crippen LogP contribution in [-0.2, 0) is 0 Å². The van der Waals surface area contributed by atoms with E-state index < -0.39 is 0 Å². The molecule has 1 heterocycles. The summed E-state index contributed by atoms with van der Waals surface area (Å²) in [5.41, 5.74) is 0.610. The summed E-state index contributed by atoms with van der Waals surface area (Å²) in [6.07, 6.45) is 10.5. The molecule has 26 heavy (non-hydrogen) atoms. The molecule has 0 atom stereocenters. The molecule has 142 valence electrons. The first-order valence-electron chi connectivity index (χ1n) is 9.80. The quantitative estimate of drug-likeness (QED) is 0.501. The number of benzene rings is 1. The fourth-order valence-corrected chi connectivity index (χ4v) is 4.30. The van der Waals surface area contributed by atoms with E-state index in [4.69, 9.17) is 4.74 Å². The van der Waals surface area contributed by atoms with Crippen LogP contribution in [0.1, 0.15) is 49.4 Å². The van der Waals surface area contributed by atoms with Crippen LogP contribution in [-0.4, -0.2) is 54.4 Å². The molecule has 0 bridgehead atoms. The number of hydrogen-bond donors (Lipinski definition) is 0. The molecule has 4 nitrogen and oxygen atoms in total. The SMILES string of the molecule is CCOc1ccc(Br)cc1C(=O)C=CN1CCN(C2CCCCC2)CC1. The fourth-order valence-electron chi connectivity index (χ4n) is 3.94. The van der Waals surface area contributed by atoms with E-state index in [1.807, 2.05) is 31.3 Å². The van der Waals surface area contributed by atoms with Crippen LogP contribution in [0, 0.1) is 0 Å². The molecule has 3 rings (SSSR count). The molecule has 1 aliphatic heterocycles. The number of hydrogen-bond acceptors (Lipinski definition) is 4. The summed E-state index contributed by atoms with van der Waals surface area (Å²) >= 11 is 3.44. The maximum Gasteiger partial charge on any atom is 0.191 e. The second-order valence-corrected chi connectivity index (χ2v) is 8.03. The Hall–Kier alpha value is -1.33. The van der Waals surface area contributed by atoms with Gasteiger partial charge in [0.1, 0.15) is 5.75 Å². The first-order chi connectivity index (χ1) is 12.7. The molecule has 1 aromatic carbocycles. The predicted molar refractivity (Wildman–Crippen MR) is 109 cm³/mol. The van der Waals surface area contributed by atoms with Gasteiger partial charge < -0.3 is 9.64 Å². The van der Waals surface area contributed by atoms with Crippen molar-refractivity contribution >= 4 is 21.7 Å². The van der Waals surface area contributed by atoms with Crippen molar-refractivity contribution in [2.45, 2.75) is 45.1 Å². The molecule has 5 heteroatoms. The molecule has 0 unspecified atom stereocenters. The molecule has 1 aromatic rings. The zero-order valence-electron chi connectivity index (χ0n) is 15.6. The van der Waals surface area contributed by atoms with E-state index >= 15 is 0 Å². The Morgan fingerprint density at radius 2 is 1.92 bits per heavy atom. The second-order valence-electron chi connectivity index (χ2n) is 7.12. The van der Waals surface area contributed by atoms with Gasteiger partial charge in [-0.25, -0.2) is 0 Å². The molecule has 1 saturated heterocycles. The summed E-state index contributed by atoms with van der Waals surface area (Å²) in [4.78, 5) is 17.5. The number of halogens is 1. The van der Waals surface area contributed by atoms with Crippen molar-refractivity contribution in [2.75, 3.05) is 32.8 Å². The minimum absolute atomic E-state index is 0.00976.